The largest absolute Gasteiger partial charge is 0.351 e. The van der Waals surface area contributed by atoms with E-state index in [1.165, 1.54) is 5.56 Å². The number of benzene rings is 1. The van der Waals surface area contributed by atoms with Crippen molar-refractivity contribution >= 4 is 22.9 Å². The fourth-order valence-corrected chi connectivity index (χ4v) is 3.41. The van der Waals surface area contributed by atoms with Gasteiger partial charge in [0, 0.05) is 32.6 Å². The van der Waals surface area contributed by atoms with Crippen LogP contribution in [0, 0.1) is 0 Å². The molecule has 1 aliphatic rings. The SMILES string of the molecule is O=C(CCCc1ccccc1)N1CCN(c2ncnc3nc[nH]c23)CC1. The molecule has 0 unspecified atom stereocenters. The second kappa shape index (κ2) is 7.51. The summed E-state index contributed by atoms with van der Waals surface area (Å²) in [6, 6.07) is 10.3. The van der Waals surface area contributed by atoms with Crippen molar-refractivity contribution < 1.29 is 4.79 Å². The molecule has 3 heterocycles. The first-order valence-corrected chi connectivity index (χ1v) is 9.02. The van der Waals surface area contributed by atoms with Crippen molar-refractivity contribution in [3.05, 3.63) is 48.5 Å². The monoisotopic (exact) mass is 350 g/mol. The first kappa shape index (κ1) is 16.5. The number of carbonyl (C=O) groups is 1. The van der Waals surface area contributed by atoms with E-state index in [0.29, 0.717) is 12.1 Å². The third-order valence-corrected chi connectivity index (χ3v) is 4.83. The van der Waals surface area contributed by atoms with Crippen molar-refractivity contribution in [3.8, 4) is 0 Å². The quantitative estimate of drug-likeness (QED) is 0.762. The van der Waals surface area contributed by atoms with E-state index in [4.69, 9.17) is 0 Å². The molecule has 1 fully saturated rings. The Balaban J connectivity index is 1.29. The average molecular weight is 350 g/mol. The van der Waals surface area contributed by atoms with E-state index in [-0.39, 0.29) is 5.91 Å². The molecular formula is C19H22N6O. The first-order valence-electron chi connectivity index (χ1n) is 9.02. The molecule has 2 aromatic heterocycles. The Morgan fingerprint density at radius 2 is 1.85 bits per heavy atom. The van der Waals surface area contributed by atoms with Gasteiger partial charge in [0.05, 0.1) is 6.33 Å². The van der Waals surface area contributed by atoms with Crippen molar-refractivity contribution in [1.29, 1.82) is 0 Å². The molecule has 0 radical (unpaired) electrons. The number of hydrogen-bond acceptors (Lipinski definition) is 5. The maximum absolute atomic E-state index is 12.5. The highest BCUT2D eigenvalue weighted by Gasteiger charge is 2.23. The molecule has 0 atom stereocenters. The van der Waals surface area contributed by atoms with Gasteiger partial charge in [-0.1, -0.05) is 30.3 Å². The van der Waals surface area contributed by atoms with Gasteiger partial charge in [0.2, 0.25) is 5.91 Å². The van der Waals surface area contributed by atoms with Gasteiger partial charge in [-0.25, -0.2) is 15.0 Å². The van der Waals surface area contributed by atoms with Crippen LogP contribution in [0.2, 0.25) is 0 Å². The van der Waals surface area contributed by atoms with E-state index in [0.717, 1.165) is 50.4 Å². The molecule has 1 aromatic carbocycles. The van der Waals surface area contributed by atoms with Crippen LogP contribution in [-0.2, 0) is 11.2 Å². The van der Waals surface area contributed by atoms with Crippen LogP contribution in [0.15, 0.2) is 43.0 Å². The zero-order chi connectivity index (χ0) is 17.8. The molecular weight excluding hydrogens is 328 g/mol. The molecule has 1 amide bonds. The summed E-state index contributed by atoms with van der Waals surface area (Å²) in [5, 5.41) is 0. The summed E-state index contributed by atoms with van der Waals surface area (Å²) in [4.78, 5) is 32.5. The second-order valence-electron chi connectivity index (χ2n) is 6.51. The summed E-state index contributed by atoms with van der Waals surface area (Å²) in [7, 11) is 0. The maximum Gasteiger partial charge on any atom is 0.222 e. The summed E-state index contributed by atoms with van der Waals surface area (Å²) in [5.74, 6) is 1.11. The lowest BCUT2D eigenvalue weighted by atomic mass is 10.1. The van der Waals surface area contributed by atoms with Gasteiger partial charge >= 0.3 is 0 Å². The molecule has 0 bridgehead atoms. The number of hydrogen-bond donors (Lipinski definition) is 1. The number of anilines is 1. The summed E-state index contributed by atoms with van der Waals surface area (Å²) in [6.45, 7) is 3.00. The summed E-state index contributed by atoms with van der Waals surface area (Å²) in [5.41, 5.74) is 2.82. The van der Waals surface area contributed by atoms with Crippen molar-refractivity contribution in [2.24, 2.45) is 0 Å². The smallest absolute Gasteiger partial charge is 0.222 e. The summed E-state index contributed by atoms with van der Waals surface area (Å²) < 4.78 is 0. The van der Waals surface area contributed by atoms with E-state index >= 15 is 0 Å². The molecule has 1 N–H and O–H groups in total. The molecule has 26 heavy (non-hydrogen) atoms. The highest BCUT2D eigenvalue weighted by Crippen LogP contribution is 2.21. The van der Waals surface area contributed by atoms with Gasteiger partial charge < -0.3 is 14.8 Å². The minimum Gasteiger partial charge on any atom is -0.351 e. The van der Waals surface area contributed by atoms with Gasteiger partial charge in [-0.3, -0.25) is 4.79 Å². The number of carbonyl (C=O) groups excluding carboxylic acids is 1. The Morgan fingerprint density at radius 3 is 2.65 bits per heavy atom. The Labute approximate surface area is 152 Å². The van der Waals surface area contributed by atoms with Crippen molar-refractivity contribution in [3.63, 3.8) is 0 Å². The van der Waals surface area contributed by atoms with E-state index < -0.39 is 0 Å². The summed E-state index contributed by atoms with van der Waals surface area (Å²) in [6.07, 6.45) is 5.62. The molecule has 7 heteroatoms. The van der Waals surface area contributed by atoms with Crippen LogP contribution in [-0.4, -0.2) is 56.9 Å². The lowest BCUT2D eigenvalue weighted by Gasteiger charge is -2.35. The number of aryl methyl sites for hydroxylation is 1. The number of fused-ring (bicyclic) bond motifs is 1. The van der Waals surface area contributed by atoms with Gasteiger partial charge in [-0.05, 0) is 18.4 Å². The zero-order valence-electron chi connectivity index (χ0n) is 14.6. The molecule has 7 nitrogen and oxygen atoms in total. The standard InChI is InChI=1S/C19H22N6O/c26-16(8-4-7-15-5-2-1-3-6-15)24-9-11-25(12-10-24)19-17-18(21-13-20-17)22-14-23-19/h1-3,5-6,13-14H,4,7-12H2,(H,20,21,22,23). The van der Waals surface area contributed by atoms with Gasteiger partial charge in [-0.2, -0.15) is 0 Å². The van der Waals surface area contributed by atoms with Crippen LogP contribution in [0.1, 0.15) is 18.4 Å². The Bertz CT molecular complexity index is 870. The summed E-state index contributed by atoms with van der Waals surface area (Å²) >= 11 is 0. The number of aromatic nitrogens is 4. The number of nitrogens with one attached hydrogen (secondary N) is 1. The van der Waals surface area contributed by atoms with Crippen molar-refractivity contribution in [2.75, 3.05) is 31.1 Å². The lowest BCUT2D eigenvalue weighted by Crippen LogP contribution is -2.49. The molecule has 134 valence electrons. The van der Waals surface area contributed by atoms with E-state index in [2.05, 4.69) is 37.0 Å². The zero-order valence-corrected chi connectivity index (χ0v) is 14.6. The molecule has 4 rings (SSSR count). The van der Waals surface area contributed by atoms with Crippen LogP contribution < -0.4 is 4.90 Å². The van der Waals surface area contributed by atoms with Gasteiger partial charge in [0.25, 0.3) is 0 Å². The third-order valence-electron chi connectivity index (χ3n) is 4.83. The fraction of sp³-hybridized carbons (Fsp3) is 0.368. The van der Waals surface area contributed by atoms with Crippen molar-refractivity contribution in [2.45, 2.75) is 19.3 Å². The molecule has 1 saturated heterocycles. The number of nitrogens with zero attached hydrogens (tertiary/aromatic N) is 5. The van der Waals surface area contributed by atoms with Crippen LogP contribution >= 0.6 is 0 Å². The molecule has 0 saturated carbocycles. The van der Waals surface area contributed by atoms with Crippen LogP contribution in [0.25, 0.3) is 11.2 Å². The molecule has 0 aliphatic carbocycles. The predicted octanol–water partition coefficient (Wildman–Crippen LogP) is 2.02. The number of H-pyrrole nitrogens is 1. The van der Waals surface area contributed by atoms with E-state index in [1.54, 1.807) is 12.7 Å². The minimum absolute atomic E-state index is 0.245. The van der Waals surface area contributed by atoms with Gasteiger partial charge in [0.1, 0.15) is 11.8 Å². The van der Waals surface area contributed by atoms with Crippen LogP contribution in [0.3, 0.4) is 0 Å². The molecule has 0 spiro atoms. The second-order valence-corrected chi connectivity index (χ2v) is 6.51. The fourth-order valence-electron chi connectivity index (χ4n) is 3.41. The molecule has 1 aliphatic heterocycles. The van der Waals surface area contributed by atoms with Gasteiger partial charge in [-0.15, -0.1) is 0 Å². The topological polar surface area (TPSA) is 78.0 Å². The predicted molar refractivity (Wildman–Crippen MR) is 99.9 cm³/mol. The number of aromatic amines is 1. The number of imidazole rings is 1. The van der Waals surface area contributed by atoms with E-state index in [1.807, 2.05) is 23.1 Å². The molecule has 3 aromatic rings. The average Bonchev–Trinajstić information content (AvgIpc) is 3.18. The number of amides is 1. The van der Waals surface area contributed by atoms with Crippen LogP contribution in [0.4, 0.5) is 5.82 Å². The lowest BCUT2D eigenvalue weighted by molar-refractivity contribution is -0.131. The number of rotatable bonds is 5. The highest BCUT2D eigenvalue weighted by atomic mass is 16.2. The number of piperazine rings is 1. The van der Waals surface area contributed by atoms with Crippen LogP contribution in [0.5, 0.6) is 0 Å². The Hall–Kier alpha value is -2.96. The Kier molecular flexibility index (Phi) is 4.77. The Morgan fingerprint density at radius 1 is 1.04 bits per heavy atom. The minimum atomic E-state index is 0.245. The normalized spacial score (nSPS) is 14.8. The van der Waals surface area contributed by atoms with Crippen molar-refractivity contribution in [1.82, 2.24) is 24.8 Å². The maximum atomic E-state index is 12.5. The van der Waals surface area contributed by atoms with E-state index in [9.17, 15) is 4.79 Å². The highest BCUT2D eigenvalue weighted by molar-refractivity contribution is 5.83. The van der Waals surface area contributed by atoms with Gasteiger partial charge in [0.15, 0.2) is 11.5 Å². The first-order chi connectivity index (χ1) is 12.8. The third kappa shape index (κ3) is 3.51.